The zero-order valence-electron chi connectivity index (χ0n) is 14.5. The Kier molecular flexibility index (Phi) is 4.62. The van der Waals surface area contributed by atoms with Gasteiger partial charge in [-0.05, 0) is 47.5 Å². The molecule has 0 N–H and O–H groups in total. The standard InChI is InChI=1S/C22H16N5/c23-9-14-27-12-7-17(8-13-27)18-15-21(19-5-1-3-10-24-19)26-22(16-18)20-6-2-4-11-25-20/h1-8,10-13,15-16H,14H2/q+1. The molecule has 0 spiro atoms. The van der Waals surface area contributed by atoms with Crippen molar-refractivity contribution in [2.45, 2.75) is 6.54 Å². The Morgan fingerprint density at radius 3 is 1.81 bits per heavy atom. The quantitative estimate of drug-likeness (QED) is 0.527. The highest BCUT2D eigenvalue weighted by Crippen LogP contribution is 2.28. The van der Waals surface area contributed by atoms with Crippen LogP contribution < -0.4 is 4.57 Å². The Bertz CT molecular complexity index is 1030. The van der Waals surface area contributed by atoms with Gasteiger partial charge in [0.15, 0.2) is 12.4 Å². The lowest BCUT2D eigenvalue weighted by Gasteiger charge is -2.09. The van der Waals surface area contributed by atoms with Crippen LogP contribution in [0, 0.1) is 11.3 Å². The Balaban J connectivity index is 1.84. The maximum absolute atomic E-state index is 8.84. The Hall–Kier alpha value is -3.91. The van der Waals surface area contributed by atoms with Crippen LogP contribution in [0.4, 0.5) is 0 Å². The predicted molar refractivity (Wildman–Crippen MR) is 102 cm³/mol. The van der Waals surface area contributed by atoms with E-state index in [4.69, 9.17) is 10.2 Å². The normalized spacial score (nSPS) is 10.3. The van der Waals surface area contributed by atoms with Crippen molar-refractivity contribution in [1.82, 2.24) is 15.0 Å². The van der Waals surface area contributed by atoms with Crippen molar-refractivity contribution in [3.05, 3.63) is 85.5 Å². The topological polar surface area (TPSA) is 66.3 Å². The van der Waals surface area contributed by atoms with E-state index in [0.29, 0.717) is 6.54 Å². The Labute approximate surface area is 157 Å². The summed E-state index contributed by atoms with van der Waals surface area (Å²) < 4.78 is 1.84. The van der Waals surface area contributed by atoms with Gasteiger partial charge in [-0.25, -0.2) is 4.98 Å². The molecular weight excluding hydrogens is 334 g/mol. The number of hydrogen-bond acceptors (Lipinski definition) is 4. The van der Waals surface area contributed by atoms with Gasteiger partial charge >= 0.3 is 0 Å². The van der Waals surface area contributed by atoms with Gasteiger partial charge in [-0.2, -0.15) is 9.83 Å². The zero-order valence-corrected chi connectivity index (χ0v) is 14.5. The number of nitriles is 1. The zero-order chi connectivity index (χ0) is 18.5. The molecule has 5 nitrogen and oxygen atoms in total. The van der Waals surface area contributed by atoms with E-state index >= 15 is 0 Å². The molecule has 4 aromatic rings. The summed E-state index contributed by atoms with van der Waals surface area (Å²) >= 11 is 0. The van der Waals surface area contributed by atoms with Crippen LogP contribution >= 0.6 is 0 Å². The molecule has 0 aliphatic rings. The summed E-state index contributed by atoms with van der Waals surface area (Å²) in [6.45, 7) is 0.328. The highest BCUT2D eigenvalue weighted by Gasteiger charge is 2.11. The number of rotatable bonds is 4. The van der Waals surface area contributed by atoms with Crippen molar-refractivity contribution in [2.75, 3.05) is 0 Å². The number of hydrogen-bond donors (Lipinski definition) is 0. The highest BCUT2D eigenvalue weighted by molar-refractivity contribution is 5.74. The van der Waals surface area contributed by atoms with E-state index in [1.807, 2.05) is 77.6 Å². The Morgan fingerprint density at radius 2 is 1.33 bits per heavy atom. The molecule has 0 aromatic carbocycles. The number of nitrogens with zero attached hydrogens (tertiary/aromatic N) is 5. The molecule has 0 saturated carbocycles. The third-order valence-electron chi connectivity index (χ3n) is 4.16. The van der Waals surface area contributed by atoms with Gasteiger partial charge in [-0.1, -0.05) is 12.1 Å². The maximum Gasteiger partial charge on any atom is 0.233 e. The van der Waals surface area contributed by atoms with Gasteiger partial charge in [0.2, 0.25) is 6.54 Å². The molecule has 0 aliphatic heterocycles. The lowest BCUT2D eigenvalue weighted by Crippen LogP contribution is -2.31. The minimum atomic E-state index is 0.328. The molecule has 4 aromatic heterocycles. The molecule has 5 heteroatoms. The van der Waals surface area contributed by atoms with Gasteiger partial charge in [0.1, 0.15) is 6.07 Å². The molecule has 0 saturated heterocycles. The van der Waals surface area contributed by atoms with Crippen molar-refractivity contribution in [2.24, 2.45) is 0 Å². The molecule has 0 bridgehead atoms. The molecule has 27 heavy (non-hydrogen) atoms. The van der Waals surface area contributed by atoms with Gasteiger partial charge in [-0.15, -0.1) is 0 Å². The lowest BCUT2D eigenvalue weighted by molar-refractivity contribution is -0.685. The predicted octanol–water partition coefficient (Wildman–Crippen LogP) is 3.68. The van der Waals surface area contributed by atoms with Gasteiger partial charge in [0.05, 0.1) is 22.8 Å². The van der Waals surface area contributed by atoms with Gasteiger partial charge in [0, 0.05) is 24.5 Å². The molecule has 4 heterocycles. The molecule has 0 radical (unpaired) electrons. The summed E-state index contributed by atoms with van der Waals surface area (Å²) in [7, 11) is 0. The van der Waals surface area contributed by atoms with Gasteiger partial charge in [-0.3, -0.25) is 9.97 Å². The first kappa shape index (κ1) is 16.6. The van der Waals surface area contributed by atoms with Crippen molar-refractivity contribution in [3.63, 3.8) is 0 Å². The highest BCUT2D eigenvalue weighted by atomic mass is 14.9. The Morgan fingerprint density at radius 1 is 0.741 bits per heavy atom. The van der Waals surface area contributed by atoms with E-state index in [9.17, 15) is 0 Å². The SMILES string of the molecule is N#CC[n+]1ccc(-c2cc(-c3ccccn3)nc(-c3ccccn3)c2)cc1. The van der Waals surface area contributed by atoms with E-state index in [2.05, 4.69) is 16.0 Å². The van der Waals surface area contributed by atoms with Crippen molar-refractivity contribution in [3.8, 4) is 40.0 Å². The molecule has 0 atom stereocenters. The van der Waals surface area contributed by atoms with E-state index in [1.54, 1.807) is 12.4 Å². The summed E-state index contributed by atoms with van der Waals surface area (Å²) in [5.41, 5.74) is 5.28. The van der Waals surface area contributed by atoms with Crippen LogP contribution in [0.5, 0.6) is 0 Å². The van der Waals surface area contributed by atoms with Crippen LogP contribution in [-0.4, -0.2) is 15.0 Å². The van der Waals surface area contributed by atoms with Crippen LogP contribution in [0.3, 0.4) is 0 Å². The average Bonchev–Trinajstić information content (AvgIpc) is 2.75. The minimum Gasteiger partial charge on any atom is -0.255 e. The summed E-state index contributed by atoms with van der Waals surface area (Å²) in [5.74, 6) is 0. The number of aromatic nitrogens is 4. The fourth-order valence-corrected chi connectivity index (χ4v) is 2.83. The van der Waals surface area contributed by atoms with Crippen LogP contribution in [0.15, 0.2) is 85.5 Å². The molecule has 0 aliphatic carbocycles. The molecule has 0 amide bonds. The molecule has 4 rings (SSSR count). The van der Waals surface area contributed by atoms with Crippen LogP contribution in [0.2, 0.25) is 0 Å². The van der Waals surface area contributed by atoms with Crippen molar-refractivity contribution >= 4 is 0 Å². The maximum atomic E-state index is 8.84. The van der Waals surface area contributed by atoms with E-state index < -0.39 is 0 Å². The van der Waals surface area contributed by atoms with Crippen LogP contribution in [-0.2, 0) is 6.54 Å². The number of pyridine rings is 4. The second kappa shape index (κ2) is 7.54. The smallest absolute Gasteiger partial charge is 0.233 e. The second-order valence-corrected chi connectivity index (χ2v) is 5.97. The monoisotopic (exact) mass is 350 g/mol. The average molecular weight is 350 g/mol. The fourth-order valence-electron chi connectivity index (χ4n) is 2.83. The molecule has 0 unspecified atom stereocenters. The van der Waals surface area contributed by atoms with Gasteiger partial charge in [0.25, 0.3) is 0 Å². The molecule has 0 fully saturated rings. The summed E-state index contributed by atoms with van der Waals surface area (Å²) in [6.07, 6.45) is 7.33. The minimum absolute atomic E-state index is 0.328. The van der Waals surface area contributed by atoms with Gasteiger partial charge < -0.3 is 0 Å². The van der Waals surface area contributed by atoms with Crippen molar-refractivity contribution < 1.29 is 4.57 Å². The van der Waals surface area contributed by atoms with E-state index in [1.165, 1.54) is 0 Å². The van der Waals surface area contributed by atoms with Crippen molar-refractivity contribution in [1.29, 1.82) is 5.26 Å². The lowest BCUT2D eigenvalue weighted by atomic mass is 10.0. The third-order valence-corrected chi connectivity index (χ3v) is 4.16. The largest absolute Gasteiger partial charge is 0.255 e. The molecule has 128 valence electrons. The summed E-state index contributed by atoms with van der Waals surface area (Å²) in [4.78, 5) is 13.6. The van der Waals surface area contributed by atoms with E-state index in [-0.39, 0.29) is 0 Å². The first-order valence-corrected chi connectivity index (χ1v) is 8.55. The van der Waals surface area contributed by atoms with Crippen LogP contribution in [0.25, 0.3) is 33.9 Å². The molecular formula is C22H16N5+. The summed E-state index contributed by atoms with van der Waals surface area (Å²) in [6, 6.07) is 21.7. The summed E-state index contributed by atoms with van der Waals surface area (Å²) in [5, 5.41) is 8.84. The van der Waals surface area contributed by atoms with Crippen LogP contribution in [0.1, 0.15) is 0 Å². The second-order valence-electron chi connectivity index (χ2n) is 5.97. The van der Waals surface area contributed by atoms with E-state index in [0.717, 1.165) is 33.9 Å². The first-order valence-electron chi connectivity index (χ1n) is 8.55. The fraction of sp³-hybridized carbons (Fsp3) is 0.0455. The first-order chi connectivity index (χ1) is 13.3. The third kappa shape index (κ3) is 3.70.